The maximum Gasteiger partial charge on any atom is 0.183 e. The van der Waals surface area contributed by atoms with Crippen LogP contribution in [-0.4, -0.2) is 0 Å². The highest BCUT2D eigenvalue weighted by atomic mass is 15.0. The van der Waals surface area contributed by atoms with Crippen LogP contribution in [0, 0.1) is 0 Å². The third kappa shape index (κ3) is 3.93. The number of aromatic nitrogens is 1. The molecule has 0 bridgehead atoms. The van der Waals surface area contributed by atoms with E-state index in [0.29, 0.717) is 6.04 Å². The maximum absolute atomic E-state index is 2.33. The van der Waals surface area contributed by atoms with Crippen LogP contribution in [-0.2, 0) is 6.42 Å². The first-order chi connectivity index (χ1) is 9.85. The Labute approximate surface area is 123 Å². The molecule has 20 heavy (non-hydrogen) atoms. The molecule has 0 saturated heterocycles. The Bertz CT molecular complexity index is 487. The fraction of sp³-hybridized carbons (Fsp3) is 0.421. The van der Waals surface area contributed by atoms with Gasteiger partial charge in [0.15, 0.2) is 18.4 Å². The number of nitrogens with zero attached hydrogens (tertiary/aromatic N) is 1. The number of unbranched alkanes of at least 4 members (excludes halogenated alkanes) is 2. The van der Waals surface area contributed by atoms with E-state index in [2.05, 4.69) is 73.3 Å². The molecule has 1 aromatic carbocycles. The van der Waals surface area contributed by atoms with Crippen molar-refractivity contribution in [1.29, 1.82) is 0 Å². The molecule has 0 radical (unpaired) electrons. The molecular weight excluding hydrogens is 242 g/mol. The van der Waals surface area contributed by atoms with Gasteiger partial charge < -0.3 is 0 Å². The SMILES string of the molecule is CCCCCc1cc[n+](C(CC)c2ccccc2)cc1. The second-order valence-corrected chi connectivity index (χ2v) is 5.45. The van der Waals surface area contributed by atoms with Crippen LogP contribution >= 0.6 is 0 Å². The molecule has 106 valence electrons. The Morgan fingerprint density at radius 3 is 2.20 bits per heavy atom. The summed E-state index contributed by atoms with van der Waals surface area (Å²) in [7, 11) is 0. The van der Waals surface area contributed by atoms with Crippen molar-refractivity contribution in [2.75, 3.05) is 0 Å². The monoisotopic (exact) mass is 268 g/mol. The van der Waals surface area contributed by atoms with Gasteiger partial charge in [-0.15, -0.1) is 0 Å². The van der Waals surface area contributed by atoms with E-state index in [1.807, 2.05) is 0 Å². The smallest absolute Gasteiger partial charge is 0.183 e. The zero-order valence-electron chi connectivity index (χ0n) is 12.8. The van der Waals surface area contributed by atoms with Crippen LogP contribution in [0.3, 0.4) is 0 Å². The maximum atomic E-state index is 2.33. The number of benzene rings is 1. The predicted molar refractivity (Wildman–Crippen MR) is 84.7 cm³/mol. The molecule has 2 rings (SSSR count). The van der Waals surface area contributed by atoms with Crippen LogP contribution in [0.4, 0.5) is 0 Å². The largest absolute Gasteiger partial charge is 0.198 e. The van der Waals surface area contributed by atoms with Crippen molar-refractivity contribution in [3.63, 3.8) is 0 Å². The van der Waals surface area contributed by atoms with E-state index in [9.17, 15) is 0 Å². The first kappa shape index (κ1) is 14.8. The standard InChI is InChI=1S/C19H26N/c1-3-5-7-10-17-13-15-20(16-14-17)19(4-2)18-11-8-6-9-12-18/h6,8-9,11-16,19H,3-5,7,10H2,1-2H3/q+1. The molecule has 1 heteroatoms. The van der Waals surface area contributed by atoms with Gasteiger partial charge in [-0.25, -0.2) is 0 Å². The minimum absolute atomic E-state index is 0.445. The molecule has 0 amide bonds. The van der Waals surface area contributed by atoms with Crippen molar-refractivity contribution in [2.45, 2.75) is 52.0 Å². The van der Waals surface area contributed by atoms with Gasteiger partial charge in [0, 0.05) is 24.1 Å². The second-order valence-electron chi connectivity index (χ2n) is 5.45. The molecule has 0 aliphatic rings. The lowest BCUT2D eigenvalue weighted by molar-refractivity contribution is -0.714. The summed E-state index contributed by atoms with van der Waals surface area (Å²) in [5, 5.41) is 0. The molecule has 1 aromatic heterocycles. The quantitative estimate of drug-likeness (QED) is 0.506. The van der Waals surface area contributed by atoms with Crippen molar-refractivity contribution in [2.24, 2.45) is 0 Å². The molecule has 0 spiro atoms. The fourth-order valence-electron chi connectivity index (χ4n) is 2.72. The number of aryl methyl sites for hydroxylation is 1. The highest BCUT2D eigenvalue weighted by Gasteiger charge is 2.17. The summed E-state index contributed by atoms with van der Waals surface area (Å²) in [6, 6.07) is 15.8. The molecule has 2 aromatic rings. The average molecular weight is 268 g/mol. The zero-order chi connectivity index (χ0) is 14.2. The van der Waals surface area contributed by atoms with Crippen molar-refractivity contribution >= 4 is 0 Å². The predicted octanol–water partition coefficient (Wildman–Crippen LogP) is 4.71. The van der Waals surface area contributed by atoms with Crippen LogP contribution < -0.4 is 4.57 Å². The first-order valence-electron chi connectivity index (χ1n) is 7.89. The molecule has 0 aliphatic heterocycles. The van der Waals surface area contributed by atoms with Crippen LogP contribution in [0.25, 0.3) is 0 Å². The summed E-state index contributed by atoms with van der Waals surface area (Å²) in [6.45, 7) is 4.50. The van der Waals surface area contributed by atoms with E-state index in [0.717, 1.165) is 6.42 Å². The van der Waals surface area contributed by atoms with Gasteiger partial charge >= 0.3 is 0 Å². The number of rotatable bonds is 7. The van der Waals surface area contributed by atoms with E-state index < -0.39 is 0 Å². The lowest BCUT2D eigenvalue weighted by atomic mass is 10.0. The molecule has 1 nitrogen and oxygen atoms in total. The van der Waals surface area contributed by atoms with E-state index in [4.69, 9.17) is 0 Å². The fourth-order valence-corrected chi connectivity index (χ4v) is 2.72. The van der Waals surface area contributed by atoms with Crippen molar-refractivity contribution in [3.8, 4) is 0 Å². The van der Waals surface area contributed by atoms with E-state index in [1.165, 1.54) is 36.8 Å². The van der Waals surface area contributed by atoms with E-state index >= 15 is 0 Å². The summed E-state index contributed by atoms with van der Waals surface area (Å²) in [5.41, 5.74) is 2.84. The Morgan fingerprint density at radius 1 is 0.900 bits per heavy atom. The lowest BCUT2D eigenvalue weighted by Gasteiger charge is -2.11. The van der Waals surface area contributed by atoms with Crippen molar-refractivity contribution < 1.29 is 4.57 Å². The molecule has 0 saturated carbocycles. The van der Waals surface area contributed by atoms with E-state index in [-0.39, 0.29) is 0 Å². The summed E-state index contributed by atoms with van der Waals surface area (Å²) in [4.78, 5) is 0. The molecule has 1 heterocycles. The van der Waals surface area contributed by atoms with Crippen LogP contribution in [0.1, 0.15) is 56.7 Å². The van der Waals surface area contributed by atoms with Gasteiger partial charge in [0.05, 0.1) is 0 Å². The average Bonchev–Trinajstić information content (AvgIpc) is 2.51. The van der Waals surface area contributed by atoms with Gasteiger partial charge in [-0.05, 0) is 18.4 Å². The number of hydrogen-bond acceptors (Lipinski definition) is 0. The molecule has 0 fully saturated rings. The minimum atomic E-state index is 0.445. The summed E-state index contributed by atoms with van der Waals surface area (Å²) < 4.78 is 2.33. The Balaban J connectivity index is 2.08. The molecule has 0 aliphatic carbocycles. The van der Waals surface area contributed by atoms with Crippen molar-refractivity contribution in [1.82, 2.24) is 0 Å². The van der Waals surface area contributed by atoms with Crippen LogP contribution in [0.15, 0.2) is 54.9 Å². The number of hydrogen-bond donors (Lipinski definition) is 0. The summed E-state index contributed by atoms with van der Waals surface area (Å²) in [6.07, 6.45) is 10.7. The molecule has 1 unspecified atom stereocenters. The highest BCUT2D eigenvalue weighted by Crippen LogP contribution is 2.15. The molecule has 1 atom stereocenters. The van der Waals surface area contributed by atoms with Gasteiger partial charge in [0.1, 0.15) is 0 Å². The zero-order valence-corrected chi connectivity index (χ0v) is 12.8. The Kier molecular flexibility index (Phi) is 5.79. The normalized spacial score (nSPS) is 12.3. The Hall–Kier alpha value is -1.63. The van der Waals surface area contributed by atoms with Crippen LogP contribution in [0.5, 0.6) is 0 Å². The molecule has 0 N–H and O–H groups in total. The summed E-state index contributed by atoms with van der Waals surface area (Å²) >= 11 is 0. The van der Waals surface area contributed by atoms with E-state index in [1.54, 1.807) is 0 Å². The lowest BCUT2D eigenvalue weighted by Crippen LogP contribution is -2.39. The first-order valence-corrected chi connectivity index (χ1v) is 7.89. The third-order valence-electron chi connectivity index (χ3n) is 3.92. The van der Waals surface area contributed by atoms with Crippen LogP contribution in [0.2, 0.25) is 0 Å². The summed E-state index contributed by atoms with van der Waals surface area (Å²) in [5.74, 6) is 0. The van der Waals surface area contributed by atoms with Crippen molar-refractivity contribution in [3.05, 3.63) is 66.0 Å². The van der Waals surface area contributed by atoms with Gasteiger partial charge in [0.2, 0.25) is 0 Å². The second kappa shape index (κ2) is 7.84. The molecular formula is C19H26N+. The third-order valence-corrected chi connectivity index (χ3v) is 3.92. The highest BCUT2D eigenvalue weighted by molar-refractivity contribution is 5.17. The topological polar surface area (TPSA) is 3.88 Å². The van der Waals surface area contributed by atoms with Gasteiger partial charge in [-0.1, -0.05) is 57.0 Å². The van der Waals surface area contributed by atoms with Gasteiger partial charge in [-0.3, -0.25) is 0 Å². The van der Waals surface area contributed by atoms with Gasteiger partial charge in [0.25, 0.3) is 0 Å². The minimum Gasteiger partial charge on any atom is -0.198 e. The van der Waals surface area contributed by atoms with Gasteiger partial charge in [-0.2, -0.15) is 4.57 Å². The number of pyridine rings is 1. The Morgan fingerprint density at radius 2 is 1.60 bits per heavy atom.